The molecule has 0 amide bonds. The van der Waals surface area contributed by atoms with E-state index < -0.39 is 0 Å². The van der Waals surface area contributed by atoms with Crippen LogP contribution in [-0.2, 0) is 0 Å². The standard InChI is InChI=1S/2C20H14O.2C4H10.4C2H6.6CH4O/c2*1-3-7-17-13-19(11-9-15(17)5-1)21-20-12-10-16-6-2-4-8-18(16)14-20;2*1-4(2)3;10*1-2/h2*1-14H;2*4H,1-3H3;4*1-2H3;6*2H,1H3. The van der Waals surface area contributed by atoms with E-state index >= 15 is 0 Å². The molecule has 0 radical (unpaired) electrons. The van der Waals surface area contributed by atoms with Crippen LogP contribution in [0.5, 0.6) is 23.0 Å². The van der Waals surface area contributed by atoms with Crippen molar-refractivity contribution < 1.29 is 40.1 Å². The van der Waals surface area contributed by atoms with Crippen molar-refractivity contribution >= 4 is 43.1 Å². The number of ether oxygens (including phenoxy) is 2. The van der Waals surface area contributed by atoms with E-state index in [-0.39, 0.29) is 0 Å². The molecule has 0 spiro atoms. The van der Waals surface area contributed by atoms with Crippen molar-refractivity contribution in [3.05, 3.63) is 170 Å². The van der Waals surface area contributed by atoms with E-state index in [0.29, 0.717) is 0 Å². The highest BCUT2D eigenvalue weighted by Crippen LogP contribution is 2.29. The van der Waals surface area contributed by atoms with E-state index in [1.54, 1.807) is 0 Å². The molecule has 0 aliphatic carbocycles. The minimum atomic E-state index is 0.833. The van der Waals surface area contributed by atoms with Crippen LogP contribution in [0.1, 0.15) is 96.9 Å². The number of rotatable bonds is 4. The van der Waals surface area contributed by atoms with Gasteiger partial charge in [0.25, 0.3) is 0 Å². The zero-order valence-corrected chi connectivity index (χ0v) is 46.8. The quantitative estimate of drug-likeness (QED) is 0.102. The number of hydrogen-bond donors (Lipinski definition) is 6. The maximum absolute atomic E-state index is 7.00. The second kappa shape index (κ2) is 55.8. The van der Waals surface area contributed by atoms with Crippen LogP contribution >= 0.6 is 0 Å². The summed E-state index contributed by atoms with van der Waals surface area (Å²) in [6, 6.07) is 57.9. The van der Waals surface area contributed by atoms with Crippen molar-refractivity contribution in [3.8, 4) is 23.0 Å². The number of benzene rings is 8. The van der Waals surface area contributed by atoms with E-state index in [1.807, 2.05) is 128 Å². The van der Waals surface area contributed by atoms with Crippen LogP contribution in [0, 0.1) is 11.8 Å². The molecule has 0 aliphatic rings. The number of hydrogen-bond acceptors (Lipinski definition) is 8. The van der Waals surface area contributed by atoms with Crippen molar-refractivity contribution in [1.29, 1.82) is 0 Å². The summed E-state index contributed by atoms with van der Waals surface area (Å²) in [4.78, 5) is 0. The van der Waals surface area contributed by atoms with Crippen molar-refractivity contribution in [2.75, 3.05) is 42.7 Å². The number of aliphatic hydroxyl groups is 6. The van der Waals surface area contributed by atoms with Gasteiger partial charge < -0.3 is 40.1 Å². The van der Waals surface area contributed by atoms with E-state index in [2.05, 4.69) is 139 Å². The topological polar surface area (TPSA) is 140 Å². The van der Waals surface area contributed by atoms with Crippen LogP contribution in [0.25, 0.3) is 43.1 Å². The second-order valence-corrected chi connectivity index (χ2v) is 13.7. The van der Waals surface area contributed by atoms with E-state index in [1.165, 1.54) is 43.1 Å². The summed E-state index contributed by atoms with van der Waals surface area (Å²) >= 11 is 0. The summed E-state index contributed by atoms with van der Waals surface area (Å²) in [7, 11) is 6.00. The normalized spacial score (nSPS) is 8.40. The maximum atomic E-state index is 7.00. The molecule has 0 heterocycles. The Hall–Kier alpha value is -5.84. The Morgan fingerprint density at radius 2 is 0.357 bits per heavy atom. The van der Waals surface area contributed by atoms with Gasteiger partial charge in [-0.3, -0.25) is 0 Å². The van der Waals surface area contributed by atoms with E-state index in [4.69, 9.17) is 40.1 Å². The third-order valence-electron chi connectivity index (χ3n) is 7.36. The van der Waals surface area contributed by atoms with Gasteiger partial charge in [0.2, 0.25) is 0 Å². The third-order valence-corrected chi connectivity index (χ3v) is 7.36. The van der Waals surface area contributed by atoms with Gasteiger partial charge in [-0.15, -0.1) is 0 Å². The molecule has 392 valence electrons. The molecular formula is C62H96O8. The molecule has 0 aliphatic heterocycles. The van der Waals surface area contributed by atoms with Gasteiger partial charge >= 0.3 is 0 Å². The molecular weight excluding hydrogens is 873 g/mol. The predicted molar refractivity (Wildman–Crippen MR) is 311 cm³/mol. The molecule has 0 saturated carbocycles. The van der Waals surface area contributed by atoms with Crippen LogP contribution < -0.4 is 9.47 Å². The molecule has 70 heavy (non-hydrogen) atoms. The number of aliphatic hydroxyl groups excluding tert-OH is 6. The largest absolute Gasteiger partial charge is 0.457 e. The van der Waals surface area contributed by atoms with Crippen LogP contribution in [0.2, 0.25) is 0 Å². The van der Waals surface area contributed by atoms with Gasteiger partial charge in [-0.05, 0) is 103 Å². The second-order valence-electron chi connectivity index (χ2n) is 13.7. The van der Waals surface area contributed by atoms with E-state index in [9.17, 15) is 0 Å². The SMILES string of the molecule is CC.CC.CC.CC.CC(C)C.CC(C)C.CO.CO.CO.CO.CO.CO.c1ccc2cc(Oc3ccc4ccccc4c3)ccc2c1.c1ccc2cc(Oc3ccc4ccccc4c3)ccc2c1. The average Bonchev–Trinajstić information content (AvgIpc) is 3.44. The Bertz CT molecular complexity index is 1970. The Morgan fingerprint density at radius 3 is 0.500 bits per heavy atom. The summed E-state index contributed by atoms with van der Waals surface area (Å²) in [5, 5.41) is 51.7. The Labute approximate surface area is 425 Å². The predicted octanol–water partition coefficient (Wildman–Crippen LogP) is 16.7. The monoisotopic (exact) mass is 969 g/mol. The molecule has 6 N–H and O–H groups in total. The van der Waals surface area contributed by atoms with Crippen molar-refractivity contribution in [3.63, 3.8) is 0 Å². The fraction of sp³-hybridized carbons (Fsp3) is 0.355. The minimum Gasteiger partial charge on any atom is -0.457 e. The smallest absolute Gasteiger partial charge is 0.128 e. The summed E-state index contributed by atoms with van der Waals surface area (Å²) in [6.45, 7) is 29.0. The highest BCUT2D eigenvalue weighted by Gasteiger charge is 2.02. The summed E-state index contributed by atoms with van der Waals surface area (Å²) in [5.41, 5.74) is 0. The molecule has 0 unspecified atom stereocenters. The van der Waals surface area contributed by atoms with Crippen LogP contribution in [0.3, 0.4) is 0 Å². The van der Waals surface area contributed by atoms with Crippen molar-refractivity contribution in [2.45, 2.75) is 96.9 Å². The van der Waals surface area contributed by atoms with Crippen LogP contribution in [0.15, 0.2) is 170 Å². The van der Waals surface area contributed by atoms with Gasteiger partial charge in [-0.2, -0.15) is 0 Å². The Kier molecular flexibility index (Phi) is 60.3. The third kappa shape index (κ3) is 34.4. The van der Waals surface area contributed by atoms with Gasteiger partial charge in [0.1, 0.15) is 23.0 Å². The molecule has 0 saturated heterocycles. The fourth-order valence-electron chi connectivity index (χ4n) is 5.20. The molecule has 8 aromatic rings. The van der Waals surface area contributed by atoms with Crippen LogP contribution in [0.4, 0.5) is 0 Å². The van der Waals surface area contributed by atoms with E-state index in [0.717, 1.165) is 77.5 Å². The lowest BCUT2D eigenvalue weighted by Gasteiger charge is -2.08. The molecule has 0 atom stereocenters. The fourth-order valence-corrected chi connectivity index (χ4v) is 5.20. The van der Waals surface area contributed by atoms with Gasteiger partial charge in [-0.1, -0.05) is 218 Å². The lowest BCUT2D eigenvalue weighted by atomic mass is 10.1. The zero-order chi connectivity index (χ0) is 55.3. The summed E-state index contributed by atoms with van der Waals surface area (Å²) in [5.74, 6) is 5.13. The highest BCUT2D eigenvalue weighted by molar-refractivity contribution is 5.86. The molecule has 0 aromatic heterocycles. The van der Waals surface area contributed by atoms with Gasteiger partial charge in [0.15, 0.2) is 0 Å². The summed E-state index contributed by atoms with van der Waals surface area (Å²) in [6.07, 6.45) is 0. The molecule has 0 fully saturated rings. The first kappa shape index (κ1) is 75.7. The molecule has 8 nitrogen and oxygen atoms in total. The average molecular weight is 969 g/mol. The first-order valence-electron chi connectivity index (χ1n) is 24.2. The van der Waals surface area contributed by atoms with Gasteiger partial charge in [-0.25, -0.2) is 0 Å². The van der Waals surface area contributed by atoms with Gasteiger partial charge in [0, 0.05) is 42.7 Å². The van der Waals surface area contributed by atoms with Gasteiger partial charge in [0.05, 0.1) is 0 Å². The Balaban J connectivity index is -0.000000195. The number of fused-ring (bicyclic) bond motifs is 4. The zero-order valence-electron chi connectivity index (χ0n) is 46.8. The molecule has 8 heteroatoms. The molecule has 8 rings (SSSR count). The van der Waals surface area contributed by atoms with Crippen molar-refractivity contribution in [1.82, 2.24) is 0 Å². The maximum Gasteiger partial charge on any atom is 0.128 e. The Morgan fingerprint density at radius 1 is 0.229 bits per heavy atom. The van der Waals surface area contributed by atoms with Crippen molar-refractivity contribution in [2.24, 2.45) is 11.8 Å². The highest BCUT2D eigenvalue weighted by atomic mass is 16.5. The molecule has 8 aromatic carbocycles. The summed E-state index contributed by atoms with van der Waals surface area (Å²) < 4.78 is 12.0. The minimum absolute atomic E-state index is 0.833. The van der Waals surface area contributed by atoms with Crippen LogP contribution in [-0.4, -0.2) is 73.3 Å². The first-order chi connectivity index (χ1) is 34.2. The molecule has 0 bridgehead atoms. The first-order valence-corrected chi connectivity index (χ1v) is 24.2. The lowest BCUT2D eigenvalue weighted by Crippen LogP contribution is -1.84. The lowest BCUT2D eigenvalue weighted by molar-refractivity contribution is 0.399.